The first-order chi connectivity index (χ1) is 11.8. The molecule has 0 bridgehead atoms. The third kappa shape index (κ3) is 2.86. The van der Waals surface area contributed by atoms with Gasteiger partial charge in [-0.05, 0) is 30.9 Å². The van der Waals surface area contributed by atoms with E-state index in [0.29, 0.717) is 12.2 Å². The average molecular weight is 322 g/mol. The number of nitrogens with zero attached hydrogens (tertiary/aromatic N) is 4. The summed E-state index contributed by atoms with van der Waals surface area (Å²) < 4.78 is 0. The zero-order chi connectivity index (χ0) is 16.4. The Morgan fingerprint density at radius 1 is 0.917 bits per heavy atom. The smallest absolute Gasteiger partial charge is 0.278 e. The van der Waals surface area contributed by atoms with E-state index < -0.39 is 0 Å². The molecule has 0 N–H and O–H groups in total. The monoisotopic (exact) mass is 322 g/mol. The molecule has 0 atom stereocenters. The molecule has 2 aromatic rings. The van der Waals surface area contributed by atoms with E-state index in [2.05, 4.69) is 20.9 Å². The van der Waals surface area contributed by atoms with E-state index in [-0.39, 0.29) is 5.91 Å². The summed E-state index contributed by atoms with van der Waals surface area (Å²) in [5, 5.41) is 0. The molecule has 124 valence electrons. The molecule has 0 radical (unpaired) electrons. The zero-order valence-corrected chi connectivity index (χ0v) is 13.8. The number of hydrogen-bond donors (Lipinski definition) is 0. The molecule has 0 spiro atoms. The van der Waals surface area contributed by atoms with Gasteiger partial charge in [0.25, 0.3) is 5.91 Å². The predicted octanol–water partition coefficient (Wildman–Crippen LogP) is 3.06. The highest BCUT2D eigenvalue weighted by molar-refractivity contribution is 6.05. The first-order valence-corrected chi connectivity index (χ1v) is 8.80. The summed E-state index contributed by atoms with van der Waals surface area (Å²) in [6.45, 7) is 2.77. The van der Waals surface area contributed by atoms with Crippen molar-refractivity contribution < 1.29 is 4.79 Å². The Hall–Kier alpha value is -2.43. The van der Waals surface area contributed by atoms with Crippen LogP contribution in [0.5, 0.6) is 0 Å². The number of carbonyl (C=O) groups is 1. The van der Waals surface area contributed by atoms with Crippen LogP contribution in [0.3, 0.4) is 0 Å². The van der Waals surface area contributed by atoms with Crippen LogP contribution in [-0.4, -0.2) is 35.5 Å². The number of aromatic nitrogens is 2. The first kappa shape index (κ1) is 15.1. The van der Waals surface area contributed by atoms with Gasteiger partial charge in [-0.3, -0.25) is 4.79 Å². The molecule has 5 heteroatoms. The summed E-state index contributed by atoms with van der Waals surface area (Å²) in [6, 6.07) is 8.07. The van der Waals surface area contributed by atoms with Crippen molar-refractivity contribution in [1.82, 2.24) is 9.97 Å². The molecule has 1 aromatic carbocycles. The highest BCUT2D eigenvalue weighted by Crippen LogP contribution is 2.28. The van der Waals surface area contributed by atoms with Gasteiger partial charge < -0.3 is 9.80 Å². The number of para-hydroxylation sites is 1. The standard InChI is InChI=1S/C19H22N4O/c24-19(23-12-9-15-7-3-4-8-17(15)23)16-13-21-18(14-20-16)22-10-5-1-2-6-11-22/h3-4,7-8,13-14H,1-2,5-6,9-12H2. The van der Waals surface area contributed by atoms with Crippen molar-refractivity contribution >= 4 is 17.4 Å². The Morgan fingerprint density at radius 2 is 1.71 bits per heavy atom. The largest absolute Gasteiger partial charge is 0.355 e. The molecule has 2 aliphatic heterocycles. The molecule has 1 aromatic heterocycles. The van der Waals surface area contributed by atoms with E-state index >= 15 is 0 Å². The molecule has 3 heterocycles. The van der Waals surface area contributed by atoms with Crippen LogP contribution in [0.4, 0.5) is 11.5 Å². The molecule has 2 aliphatic rings. The highest BCUT2D eigenvalue weighted by Gasteiger charge is 2.26. The molecule has 0 aliphatic carbocycles. The van der Waals surface area contributed by atoms with Crippen LogP contribution in [0.25, 0.3) is 0 Å². The molecule has 1 saturated heterocycles. The second kappa shape index (κ2) is 6.59. The minimum atomic E-state index is -0.0603. The Bertz CT molecular complexity index is 720. The first-order valence-electron chi connectivity index (χ1n) is 8.80. The molecular formula is C19H22N4O. The van der Waals surface area contributed by atoms with Crippen molar-refractivity contribution in [3.63, 3.8) is 0 Å². The van der Waals surface area contributed by atoms with Crippen LogP contribution in [0.15, 0.2) is 36.7 Å². The third-order valence-corrected chi connectivity index (χ3v) is 4.92. The Morgan fingerprint density at radius 3 is 2.46 bits per heavy atom. The van der Waals surface area contributed by atoms with Gasteiger partial charge in [0.2, 0.25) is 0 Å². The average Bonchev–Trinajstić information content (AvgIpc) is 2.87. The maximum absolute atomic E-state index is 12.8. The fraction of sp³-hybridized carbons (Fsp3) is 0.421. The van der Waals surface area contributed by atoms with Crippen LogP contribution in [0, 0.1) is 0 Å². The second-order valence-corrected chi connectivity index (χ2v) is 6.50. The number of benzene rings is 1. The second-order valence-electron chi connectivity index (χ2n) is 6.50. The summed E-state index contributed by atoms with van der Waals surface area (Å²) in [6.07, 6.45) is 9.26. The summed E-state index contributed by atoms with van der Waals surface area (Å²) >= 11 is 0. The van der Waals surface area contributed by atoms with E-state index in [9.17, 15) is 4.79 Å². The van der Waals surface area contributed by atoms with Gasteiger partial charge in [0.05, 0.1) is 12.4 Å². The summed E-state index contributed by atoms with van der Waals surface area (Å²) in [5.41, 5.74) is 2.64. The summed E-state index contributed by atoms with van der Waals surface area (Å²) in [4.78, 5) is 25.8. The van der Waals surface area contributed by atoms with E-state index in [1.165, 1.54) is 31.2 Å². The van der Waals surface area contributed by atoms with Crippen molar-refractivity contribution in [2.24, 2.45) is 0 Å². The quantitative estimate of drug-likeness (QED) is 0.852. The van der Waals surface area contributed by atoms with Crippen LogP contribution in [-0.2, 0) is 6.42 Å². The SMILES string of the molecule is O=C(c1cnc(N2CCCCCC2)cn1)N1CCc2ccccc21. The molecule has 1 fully saturated rings. The zero-order valence-electron chi connectivity index (χ0n) is 13.8. The fourth-order valence-electron chi connectivity index (χ4n) is 3.58. The van der Waals surface area contributed by atoms with Gasteiger partial charge in [-0.1, -0.05) is 31.0 Å². The van der Waals surface area contributed by atoms with Crippen LogP contribution >= 0.6 is 0 Å². The summed E-state index contributed by atoms with van der Waals surface area (Å²) in [7, 11) is 0. The van der Waals surface area contributed by atoms with E-state index in [1.54, 1.807) is 12.4 Å². The maximum Gasteiger partial charge on any atom is 0.278 e. The van der Waals surface area contributed by atoms with E-state index in [4.69, 9.17) is 0 Å². The molecule has 0 saturated carbocycles. The fourth-order valence-corrected chi connectivity index (χ4v) is 3.58. The minimum absolute atomic E-state index is 0.0603. The van der Waals surface area contributed by atoms with E-state index in [0.717, 1.165) is 31.0 Å². The summed E-state index contributed by atoms with van der Waals surface area (Å²) in [5.74, 6) is 0.824. The molecule has 24 heavy (non-hydrogen) atoms. The molecule has 4 rings (SSSR count). The van der Waals surface area contributed by atoms with Gasteiger partial charge in [-0.2, -0.15) is 0 Å². The number of amides is 1. The van der Waals surface area contributed by atoms with Gasteiger partial charge in [0, 0.05) is 25.3 Å². The highest BCUT2D eigenvalue weighted by atomic mass is 16.2. The van der Waals surface area contributed by atoms with Crippen LogP contribution in [0.2, 0.25) is 0 Å². The lowest BCUT2D eigenvalue weighted by molar-refractivity contribution is 0.0984. The van der Waals surface area contributed by atoms with Crippen molar-refractivity contribution in [2.45, 2.75) is 32.1 Å². The molecule has 1 amide bonds. The van der Waals surface area contributed by atoms with Crippen molar-refractivity contribution in [1.29, 1.82) is 0 Å². The normalized spacial score (nSPS) is 17.5. The molecule has 0 unspecified atom stereocenters. The van der Waals surface area contributed by atoms with Crippen molar-refractivity contribution in [3.8, 4) is 0 Å². The maximum atomic E-state index is 12.8. The van der Waals surface area contributed by atoms with Crippen LogP contribution in [0.1, 0.15) is 41.7 Å². The Balaban J connectivity index is 1.52. The minimum Gasteiger partial charge on any atom is -0.355 e. The topological polar surface area (TPSA) is 49.3 Å². The van der Waals surface area contributed by atoms with Gasteiger partial charge in [0.1, 0.15) is 11.5 Å². The van der Waals surface area contributed by atoms with Gasteiger partial charge in [-0.25, -0.2) is 9.97 Å². The molecular weight excluding hydrogens is 300 g/mol. The Kier molecular flexibility index (Phi) is 4.15. The van der Waals surface area contributed by atoms with Gasteiger partial charge in [-0.15, -0.1) is 0 Å². The number of hydrogen-bond acceptors (Lipinski definition) is 4. The number of rotatable bonds is 2. The van der Waals surface area contributed by atoms with E-state index in [1.807, 2.05) is 23.1 Å². The van der Waals surface area contributed by atoms with Crippen molar-refractivity contribution in [2.75, 3.05) is 29.4 Å². The van der Waals surface area contributed by atoms with Crippen LogP contribution < -0.4 is 9.80 Å². The molecule has 5 nitrogen and oxygen atoms in total. The number of fused-ring (bicyclic) bond motifs is 1. The Labute approximate surface area is 142 Å². The van der Waals surface area contributed by atoms with Gasteiger partial charge >= 0.3 is 0 Å². The third-order valence-electron chi connectivity index (χ3n) is 4.92. The van der Waals surface area contributed by atoms with Crippen molar-refractivity contribution in [3.05, 3.63) is 47.9 Å². The lowest BCUT2D eigenvalue weighted by Crippen LogP contribution is -2.30. The predicted molar refractivity (Wildman–Crippen MR) is 94.5 cm³/mol. The van der Waals surface area contributed by atoms with Gasteiger partial charge in [0.15, 0.2) is 0 Å². The lowest BCUT2D eigenvalue weighted by atomic mass is 10.2. The number of anilines is 2. The lowest BCUT2D eigenvalue weighted by Gasteiger charge is -2.21. The number of carbonyl (C=O) groups excluding carboxylic acids is 1.